The number of carbonyl (C=O) groups is 1. The summed E-state index contributed by atoms with van der Waals surface area (Å²) in [4.78, 5) is 18.3. The van der Waals surface area contributed by atoms with Crippen molar-refractivity contribution < 1.29 is 14.3 Å². The van der Waals surface area contributed by atoms with E-state index >= 15 is 0 Å². The van der Waals surface area contributed by atoms with Gasteiger partial charge in [-0.1, -0.05) is 0 Å². The third kappa shape index (κ3) is 5.53. The number of carbonyl (C=O) groups excluding carboxylic acids is 1. The van der Waals surface area contributed by atoms with Gasteiger partial charge in [-0.25, -0.2) is 4.79 Å². The second kappa shape index (κ2) is 7.11. The molecule has 0 aromatic rings. The molecule has 1 amide bonds. The summed E-state index contributed by atoms with van der Waals surface area (Å²) in [5, 5.41) is 3.38. The predicted molar refractivity (Wildman–Crippen MR) is 81.7 cm³/mol. The van der Waals surface area contributed by atoms with Crippen LogP contribution in [0.5, 0.6) is 0 Å². The van der Waals surface area contributed by atoms with Gasteiger partial charge >= 0.3 is 6.09 Å². The molecule has 0 aromatic heterocycles. The van der Waals surface area contributed by atoms with Crippen LogP contribution in [0, 0.1) is 5.92 Å². The maximum absolute atomic E-state index is 12.1. The first-order chi connectivity index (χ1) is 9.94. The fraction of sp³-hybridized carbons (Fsp3) is 0.867. The molecule has 1 N–H and O–H groups in total. The molecule has 0 saturated carbocycles. The van der Waals surface area contributed by atoms with Gasteiger partial charge in [-0.2, -0.15) is 0 Å². The number of rotatable bonds is 2. The molecule has 6 heteroatoms. The summed E-state index contributed by atoms with van der Waals surface area (Å²) in [5.41, 5.74) is -0.457. The Labute approximate surface area is 126 Å². The van der Waals surface area contributed by atoms with Gasteiger partial charge in [0, 0.05) is 26.3 Å². The summed E-state index contributed by atoms with van der Waals surface area (Å²) in [7, 11) is 0. The number of hydrogen-bond acceptors (Lipinski definition) is 5. The largest absolute Gasteiger partial charge is 0.444 e. The number of hydrogen-bond donors (Lipinski definition) is 1. The molecule has 2 aliphatic heterocycles. The number of nitrogens with one attached hydrogen (secondary N) is 1. The van der Waals surface area contributed by atoms with Gasteiger partial charge in [0.1, 0.15) is 11.4 Å². The lowest BCUT2D eigenvalue weighted by Gasteiger charge is -2.30. The monoisotopic (exact) mass is 297 g/mol. The maximum atomic E-state index is 12.1. The summed E-state index contributed by atoms with van der Waals surface area (Å²) in [6.45, 7) is 10.0. The van der Waals surface area contributed by atoms with Gasteiger partial charge in [0.05, 0.1) is 13.1 Å². The molecule has 21 heavy (non-hydrogen) atoms. The molecule has 2 rings (SSSR count). The zero-order chi connectivity index (χ0) is 15.3. The fourth-order valence-corrected chi connectivity index (χ4v) is 2.42. The van der Waals surface area contributed by atoms with Gasteiger partial charge in [0.25, 0.3) is 0 Å². The van der Waals surface area contributed by atoms with Gasteiger partial charge in [-0.3, -0.25) is 9.89 Å². The Bertz CT molecular complexity index is 384. The van der Waals surface area contributed by atoms with Gasteiger partial charge in [0.2, 0.25) is 0 Å². The molecule has 6 nitrogen and oxygen atoms in total. The van der Waals surface area contributed by atoms with Gasteiger partial charge in [0.15, 0.2) is 0 Å². The lowest BCUT2D eigenvalue weighted by atomic mass is 10.0. The van der Waals surface area contributed by atoms with E-state index in [1.165, 1.54) is 0 Å². The molecule has 0 aliphatic carbocycles. The third-order valence-corrected chi connectivity index (χ3v) is 3.60. The molecule has 0 unspecified atom stereocenters. The van der Waals surface area contributed by atoms with Crippen molar-refractivity contribution in [2.75, 3.05) is 39.4 Å². The van der Waals surface area contributed by atoms with E-state index in [9.17, 15) is 4.79 Å². The van der Waals surface area contributed by atoms with Crippen molar-refractivity contribution in [3.63, 3.8) is 0 Å². The summed E-state index contributed by atoms with van der Waals surface area (Å²) in [6, 6.07) is 0. The van der Waals surface area contributed by atoms with Crippen molar-refractivity contribution in [1.29, 1.82) is 0 Å². The van der Waals surface area contributed by atoms with E-state index in [0.717, 1.165) is 38.4 Å². The van der Waals surface area contributed by atoms with E-state index in [1.807, 2.05) is 20.8 Å². The second-order valence-corrected chi connectivity index (χ2v) is 6.67. The molecule has 0 aromatic carbocycles. The number of aliphatic imine (C=N–C) groups is 1. The molecule has 1 saturated heterocycles. The van der Waals surface area contributed by atoms with Crippen molar-refractivity contribution in [3.8, 4) is 0 Å². The number of amidine groups is 1. The van der Waals surface area contributed by atoms with E-state index in [2.05, 4.69) is 10.3 Å². The maximum Gasteiger partial charge on any atom is 0.410 e. The van der Waals surface area contributed by atoms with E-state index in [-0.39, 0.29) is 6.09 Å². The summed E-state index contributed by atoms with van der Waals surface area (Å²) in [5.74, 6) is 1.52. The van der Waals surface area contributed by atoms with Crippen molar-refractivity contribution in [2.45, 2.75) is 39.2 Å². The Kier molecular flexibility index (Phi) is 5.45. The Morgan fingerprint density at radius 3 is 2.81 bits per heavy atom. The lowest BCUT2D eigenvalue weighted by molar-refractivity contribution is 0.0276. The number of nitrogens with zero attached hydrogens (tertiary/aromatic N) is 2. The minimum atomic E-state index is -0.457. The molecule has 0 radical (unpaired) electrons. The van der Waals surface area contributed by atoms with Crippen LogP contribution in [0.2, 0.25) is 0 Å². The first kappa shape index (κ1) is 16.1. The normalized spacial score (nSPS) is 20.9. The van der Waals surface area contributed by atoms with E-state index in [4.69, 9.17) is 9.47 Å². The Hall–Kier alpha value is -1.30. The SMILES string of the molecule is CC(C)(C)OC(=O)N1CCN=C(NCC2CCOCC2)C1. The first-order valence-corrected chi connectivity index (χ1v) is 7.77. The minimum absolute atomic E-state index is 0.261. The average molecular weight is 297 g/mol. The highest BCUT2D eigenvalue weighted by molar-refractivity contribution is 5.87. The summed E-state index contributed by atoms with van der Waals surface area (Å²) in [6.07, 6.45) is 1.93. The van der Waals surface area contributed by atoms with Gasteiger partial charge < -0.3 is 14.8 Å². The molecule has 120 valence electrons. The van der Waals surface area contributed by atoms with Crippen LogP contribution in [0.4, 0.5) is 4.79 Å². The van der Waals surface area contributed by atoms with E-state index in [1.54, 1.807) is 4.90 Å². The Morgan fingerprint density at radius 1 is 1.43 bits per heavy atom. The van der Waals surface area contributed by atoms with Crippen molar-refractivity contribution in [2.24, 2.45) is 10.9 Å². The highest BCUT2D eigenvalue weighted by Gasteiger charge is 2.25. The van der Waals surface area contributed by atoms with Crippen LogP contribution in [0.3, 0.4) is 0 Å². The van der Waals surface area contributed by atoms with E-state index in [0.29, 0.717) is 25.6 Å². The quantitative estimate of drug-likeness (QED) is 0.842. The zero-order valence-corrected chi connectivity index (χ0v) is 13.4. The Balaban J connectivity index is 1.77. The van der Waals surface area contributed by atoms with Crippen LogP contribution < -0.4 is 5.32 Å². The first-order valence-electron chi connectivity index (χ1n) is 7.77. The molecular formula is C15H27N3O3. The van der Waals surface area contributed by atoms with Crippen LogP contribution in [-0.4, -0.2) is 61.8 Å². The fourth-order valence-electron chi connectivity index (χ4n) is 2.42. The highest BCUT2D eigenvalue weighted by atomic mass is 16.6. The average Bonchev–Trinajstić information content (AvgIpc) is 2.45. The lowest BCUT2D eigenvalue weighted by Crippen LogP contribution is -2.48. The predicted octanol–water partition coefficient (Wildman–Crippen LogP) is 1.65. The highest BCUT2D eigenvalue weighted by Crippen LogP contribution is 2.14. The molecule has 2 heterocycles. The smallest absolute Gasteiger partial charge is 0.410 e. The molecule has 0 atom stereocenters. The van der Waals surface area contributed by atoms with E-state index < -0.39 is 5.60 Å². The Morgan fingerprint density at radius 2 is 2.14 bits per heavy atom. The molecule has 2 aliphatic rings. The minimum Gasteiger partial charge on any atom is -0.444 e. The van der Waals surface area contributed by atoms with Crippen LogP contribution in [-0.2, 0) is 9.47 Å². The van der Waals surface area contributed by atoms with Crippen LogP contribution in [0.1, 0.15) is 33.6 Å². The topological polar surface area (TPSA) is 63.2 Å². The van der Waals surface area contributed by atoms with Crippen molar-refractivity contribution in [1.82, 2.24) is 10.2 Å². The van der Waals surface area contributed by atoms with Gasteiger partial charge in [-0.05, 0) is 39.5 Å². The van der Waals surface area contributed by atoms with Crippen LogP contribution in [0.25, 0.3) is 0 Å². The standard InChI is InChI=1S/C15H27N3O3/c1-15(2,3)21-14(19)18-7-6-16-13(11-18)17-10-12-4-8-20-9-5-12/h12H,4-11H2,1-3H3,(H,16,17). The van der Waals surface area contributed by atoms with Crippen LogP contribution >= 0.6 is 0 Å². The zero-order valence-electron chi connectivity index (χ0n) is 13.4. The van der Waals surface area contributed by atoms with Crippen LogP contribution in [0.15, 0.2) is 4.99 Å². The molecule has 1 fully saturated rings. The molecule has 0 spiro atoms. The summed E-state index contributed by atoms with van der Waals surface area (Å²) >= 11 is 0. The number of amides is 1. The van der Waals surface area contributed by atoms with Crippen molar-refractivity contribution in [3.05, 3.63) is 0 Å². The third-order valence-electron chi connectivity index (χ3n) is 3.60. The van der Waals surface area contributed by atoms with Crippen molar-refractivity contribution >= 4 is 11.9 Å². The van der Waals surface area contributed by atoms with Gasteiger partial charge in [-0.15, -0.1) is 0 Å². The number of ether oxygens (including phenoxy) is 2. The second-order valence-electron chi connectivity index (χ2n) is 6.67. The molecular weight excluding hydrogens is 270 g/mol. The molecule has 0 bridgehead atoms. The summed E-state index contributed by atoms with van der Waals surface area (Å²) < 4.78 is 10.8.